The van der Waals surface area contributed by atoms with Gasteiger partial charge in [0.25, 0.3) is 0 Å². The summed E-state index contributed by atoms with van der Waals surface area (Å²) in [6, 6.07) is 3.03. The largest absolute Gasteiger partial charge is 0.467 e. The molecular formula is C19H21FN6O2. The summed E-state index contributed by atoms with van der Waals surface area (Å²) >= 11 is 0. The van der Waals surface area contributed by atoms with Crippen LogP contribution in [-0.4, -0.2) is 58.8 Å². The SMILES string of the molecule is COC(=O)[C@@H]1C[C@@H](F)CN1c1nc(NC2=NCC(C3CC3)=C2)c2cccn2n1. The highest BCUT2D eigenvalue weighted by Gasteiger charge is 2.39. The molecule has 2 atom stereocenters. The molecule has 0 spiro atoms. The number of aromatic nitrogens is 3. The predicted molar refractivity (Wildman–Crippen MR) is 102 cm³/mol. The van der Waals surface area contributed by atoms with Crippen molar-refractivity contribution < 1.29 is 13.9 Å². The van der Waals surface area contributed by atoms with Crippen molar-refractivity contribution in [3.63, 3.8) is 0 Å². The third-order valence-electron chi connectivity index (χ3n) is 5.46. The fourth-order valence-electron chi connectivity index (χ4n) is 3.84. The van der Waals surface area contributed by atoms with Crippen LogP contribution in [0.4, 0.5) is 16.2 Å². The highest BCUT2D eigenvalue weighted by atomic mass is 19.1. The second-order valence-electron chi connectivity index (χ2n) is 7.44. The topological polar surface area (TPSA) is 84.1 Å². The van der Waals surface area contributed by atoms with Crippen LogP contribution in [0.3, 0.4) is 0 Å². The Hall–Kier alpha value is -2.97. The number of fused-ring (bicyclic) bond motifs is 1. The van der Waals surface area contributed by atoms with Crippen molar-refractivity contribution in [2.75, 3.05) is 30.4 Å². The van der Waals surface area contributed by atoms with Crippen molar-refractivity contribution in [1.82, 2.24) is 14.6 Å². The Kier molecular flexibility index (Phi) is 4.03. The Bertz CT molecular complexity index is 995. The molecule has 3 aliphatic rings. The van der Waals surface area contributed by atoms with E-state index in [1.54, 1.807) is 15.6 Å². The van der Waals surface area contributed by atoms with Crippen molar-refractivity contribution >= 4 is 29.1 Å². The maximum Gasteiger partial charge on any atom is 0.328 e. The number of hydrogen-bond acceptors (Lipinski definition) is 7. The summed E-state index contributed by atoms with van der Waals surface area (Å²) in [5.74, 6) is 1.82. The lowest BCUT2D eigenvalue weighted by Gasteiger charge is -2.22. The zero-order valence-electron chi connectivity index (χ0n) is 15.5. The molecule has 0 radical (unpaired) electrons. The van der Waals surface area contributed by atoms with Gasteiger partial charge in [0.1, 0.15) is 23.6 Å². The van der Waals surface area contributed by atoms with Crippen LogP contribution in [0.2, 0.25) is 0 Å². The van der Waals surface area contributed by atoms with Gasteiger partial charge in [0.2, 0.25) is 5.95 Å². The minimum atomic E-state index is -1.13. The van der Waals surface area contributed by atoms with Crippen LogP contribution in [0.25, 0.3) is 5.52 Å². The average Bonchev–Trinajstić information content (AvgIpc) is 3.07. The number of carbonyl (C=O) groups excluding carboxylic acids is 1. The number of alkyl halides is 1. The molecule has 1 saturated carbocycles. The first-order valence-electron chi connectivity index (χ1n) is 9.48. The third-order valence-corrected chi connectivity index (χ3v) is 5.46. The number of ether oxygens (including phenoxy) is 1. The Balaban J connectivity index is 1.48. The summed E-state index contributed by atoms with van der Waals surface area (Å²) in [5, 5.41) is 7.75. The number of nitrogens with zero attached hydrogens (tertiary/aromatic N) is 5. The summed E-state index contributed by atoms with van der Waals surface area (Å²) in [6.07, 6.45) is 5.30. The van der Waals surface area contributed by atoms with E-state index in [0.29, 0.717) is 11.7 Å². The lowest BCUT2D eigenvalue weighted by molar-refractivity contribution is -0.142. The number of esters is 1. The van der Waals surface area contributed by atoms with E-state index in [2.05, 4.69) is 26.5 Å². The van der Waals surface area contributed by atoms with Gasteiger partial charge in [-0.05, 0) is 42.5 Å². The molecule has 9 heteroatoms. The molecule has 1 saturated heterocycles. The van der Waals surface area contributed by atoms with Gasteiger partial charge >= 0.3 is 5.97 Å². The lowest BCUT2D eigenvalue weighted by atomic mass is 10.2. The van der Waals surface area contributed by atoms with Gasteiger partial charge in [-0.15, -0.1) is 5.10 Å². The molecule has 28 heavy (non-hydrogen) atoms. The van der Waals surface area contributed by atoms with Gasteiger partial charge in [-0.25, -0.2) is 13.7 Å². The Morgan fingerprint density at radius 1 is 1.39 bits per heavy atom. The van der Waals surface area contributed by atoms with Gasteiger partial charge in [-0.1, -0.05) is 0 Å². The Labute approximate surface area is 161 Å². The molecule has 0 unspecified atom stereocenters. The summed E-state index contributed by atoms with van der Waals surface area (Å²) in [4.78, 5) is 22.8. The van der Waals surface area contributed by atoms with Crippen LogP contribution in [0.1, 0.15) is 19.3 Å². The molecule has 2 fully saturated rings. The average molecular weight is 384 g/mol. The van der Waals surface area contributed by atoms with Gasteiger partial charge in [0.05, 0.1) is 20.2 Å². The van der Waals surface area contributed by atoms with E-state index in [-0.39, 0.29) is 18.9 Å². The molecule has 2 aliphatic heterocycles. The van der Waals surface area contributed by atoms with Crippen LogP contribution in [0.15, 0.2) is 35.0 Å². The van der Waals surface area contributed by atoms with Crippen molar-refractivity contribution in [1.29, 1.82) is 0 Å². The normalized spacial score (nSPS) is 24.4. The summed E-state index contributed by atoms with van der Waals surface area (Å²) < 4.78 is 20.6. The lowest BCUT2D eigenvalue weighted by Crippen LogP contribution is -2.38. The zero-order chi connectivity index (χ0) is 19.3. The Morgan fingerprint density at radius 3 is 3.04 bits per heavy atom. The number of anilines is 2. The number of hydrogen-bond donors (Lipinski definition) is 1. The van der Waals surface area contributed by atoms with E-state index < -0.39 is 18.2 Å². The summed E-state index contributed by atoms with van der Waals surface area (Å²) in [7, 11) is 1.30. The molecule has 1 N–H and O–H groups in total. The van der Waals surface area contributed by atoms with Gasteiger partial charge in [-0.3, -0.25) is 4.99 Å². The van der Waals surface area contributed by atoms with Crippen molar-refractivity contribution in [3.8, 4) is 0 Å². The number of rotatable bonds is 4. The molecule has 2 aromatic rings. The second kappa shape index (κ2) is 6.57. The maximum absolute atomic E-state index is 14.1. The maximum atomic E-state index is 14.1. The third kappa shape index (κ3) is 3.00. The van der Waals surface area contributed by atoms with Gasteiger partial charge < -0.3 is 15.0 Å². The van der Waals surface area contributed by atoms with Crippen molar-refractivity contribution in [3.05, 3.63) is 30.0 Å². The number of aliphatic imine (C=N–C) groups is 1. The van der Waals surface area contributed by atoms with E-state index in [0.717, 1.165) is 17.9 Å². The highest BCUT2D eigenvalue weighted by Crippen LogP contribution is 2.38. The number of halogens is 1. The number of amidine groups is 1. The first-order valence-corrected chi connectivity index (χ1v) is 9.48. The molecule has 5 rings (SSSR count). The predicted octanol–water partition coefficient (Wildman–Crippen LogP) is 1.98. The fraction of sp³-hybridized carbons (Fsp3) is 0.474. The van der Waals surface area contributed by atoms with Gasteiger partial charge in [0, 0.05) is 12.6 Å². The number of nitrogens with one attached hydrogen (secondary N) is 1. The first-order chi connectivity index (χ1) is 13.6. The number of carbonyl (C=O) groups is 1. The van der Waals surface area contributed by atoms with E-state index >= 15 is 0 Å². The van der Waals surface area contributed by atoms with Crippen molar-refractivity contribution in [2.45, 2.75) is 31.5 Å². The van der Waals surface area contributed by atoms with E-state index in [1.165, 1.54) is 25.5 Å². The van der Waals surface area contributed by atoms with Crippen LogP contribution in [-0.2, 0) is 9.53 Å². The molecular weight excluding hydrogens is 363 g/mol. The van der Waals surface area contributed by atoms with E-state index in [9.17, 15) is 9.18 Å². The zero-order valence-corrected chi connectivity index (χ0v) is 15.5. The van der Waals surface area contributed by atoms with Gasteiger partial charge in [0.15, 0.2) is 5.82 Å². The molecule has 1 aliphatic carbocycles. The van der Waals surface area contributed by atoms with Crippen LogP contribution in [0, 0.1) is 5.92 Å². The number of methoxy groups -OCH3 is 1. The molecule has 0 aromatic carbocycles. The molecule has 0 bridgehead atoms. The fourth-order valence-corrected chi connectivity index (χ4v) is 3.84. The monoisotopic (exact) mass is 384 g/mol. The summed E-state index contributed by atoms with van der Waals surface area (Å²) in [5.41, 5.74) is 2.14. The minimum Gasteiger partial charge on any atom is -0.467 e. The first kappa shape index (κ1) is 17.2. The molecule has 0 amide bonds. The van der Waals surface area contributed by atoms with E-state index in [4.69, 9.17) is 4.74 Å². The molecule has 4 heterocycles. The Morgan fingerprint density at radius 2 is 2.25 bits per heavy atom. The quantitative estimate of drug-likeness (QED) is 0.812. The summed E-state index contributed by atoms with van der Waals surface area (Å²) in [6.45, 7) is 0.779. The second-order valence-corrected chi connectivity index (χ2v) is 7.44. The molecule has 8 nitrogen and oxygen atoms in total. The van der Waals surface area contributed by atoms with Crippen molar-refractivity contribution in [2.24, 2.45) is 10.9 Å². The standard InChI is InChI=1S/C19H21FN6O2/c1-28-18(27)15-8-13(20)10-25(15)19-23-17(14-3-2-6-26(14)24-19)22-16-7-12(9-21-16)11-4-5-11/h2-3,6-7,11,13,15H,4-5,8-10H2,1H3,(H,21,22,23,24)/t13-,15+/m1/s1. The smallest absolute Gasteiger partial charge is 0.328 e. The van der Waals surface area contributed by atoms with Crippen LogP contribution in [0.5, 0.6) is 0 Å². The van der Waals surface area contributed by atoms with Gasteiger partial charge in [-0.2, -0.15) is 4.98 Å². The molecule has 146 valence electrons. The highest BCUT2D eigenvalue weighted by molar-refractivity contribution is 6.07. The minimum absolute atomic E-state index is 0.0542. The van der Waals surface area contributed by atoms with Crippen LogP contribution >= 0.6 is 0 Å². The molecule has 2 aromatic heterocycles. The van der Waals surface area contributed by atoms with E-state index in [1.807, 2.05) is 12.1 Å². The van der Waals surface area contributed by atoms with Crippen LogP contribution < -0.4 is 10.2 Å².